The number of nitrogens with zero attached hydrogens (tertiary/aromatic N) is 1. The number of rotatable bonds is 1. The highest BCUT2D eigenvalue weighted by Crippen LogP contribution is 2.39. The van der Waals surface area contributed by atoms with Crippen molar-refractivity contribution in [2.45, 2.75) is 6.18 Å². The van der Waals surface area contributed by atoms with E-state index in [9.17, 15) is 13.2 Å². The summed E-state index contributed by atoms with van der Waals surface area (Å²) in [4.78, 5) is 3.25. The number of benzene rings is 1. The van der Waals surface area contributed by atoms with E-state index >= 15 is 0 Å². The first-order chi connectivity index (χ1) is 9.18. The molecule has 2 aromatic rings. The van der Waals surface area contributed by atoms with Crippen LogP contribution < -0.4 is 5.73 Å². The lowest BCUT2D eigenvalue weighted by Gasteiger charge is -2.12. The lowest BCUT2D eigenvalue weighted by Crippen LogP contribution is -2.09. The summed E-state index contributed by atoms with van der Waals surface area (Å²) in [6.07, 6.45) is -4.62. The van der Waals surface area contributed by atoms with Gasteiger partial charge in [0.1, 0.15) is 11.5 Å². The zero-order valence-electron chi connectivity index (χ0n) is 9.60. The van der Waals surface area contributed by atoms with Crippen LogP contribution in [0.3, 0.4) is 0 Å². The predicted octanol–water partition coefficient (Wildman–Crippen LogP) is 5.31. The fourth-order valence-corrected chi connectivity index (χ4v) is 2.69. The van der Waals surface area contributed by atoms with Crippen molar-refractivity contribution >= 4 is 40.6 Å². The van der Waals surface area contributed by atoms with Gasteiger partial charge in [-0.2, -0.15) is 13.2 Å². The molecule has 20 heavy (non-hydrogen) atoms. The Balaban J connectivity index is 2.68. The van der Waals surface area contributed by atoms with Crippen LogP contribution in [0.4, 0.5) is 19.0 Å². The Morgan fingerprint density at radius 1 is 0.950 bits per heavy atom. The van der Waals surface area contributed by atoms with Gasteiger partial charge >= 0.3 is 6.18 Å². The van der Waals surface area contributed by atoms with Gasteiger partial charge in [-0.05, 0) is 29.8 Å². The molecule has 2 N–H and O–H groups in total. The molecular weight excluding hydrogens is 335 g/mol. The third-order valence-electron chi connectivity index (χ3n) is 2.43. The second-order valence-corrected chi connectivity index (χ2v) is 5.16. The molecular formula is C12H6Cl3F3N2. The fourth-order valence-electron chi connectivity index (χ4n) is 1.66. The van der Waals surface area contributed by atoms with Crippen molar-refractivity contribution in [3.8, 4) is 11.1 Å². The number of alkyl halides is 3. The first-order valence-corrected chi connectivity index (χ1v) is 6.31. The normalized spacial score (nSPS) is 11.7. The van der Waals surface area contributed by atoms with Gasteiger partial charge in [0.05, 0.1) is 10.0 Å². The average molecular weight is 342 g/mol. The summed E-state index contributed by atoms with van der Waals surface area (Å²) in [6, 6.07) is 4.86. The third kappa shape index (κ3) is 3.11. The monoisotopic (exact) mass is 340 g/mol. The number of anilines is 1. The highest BCUT2D eigenvalue weighted by molar-refractivity contribution is 6.41. The molecule has 106 valence electrons. The molecule has 0 amide bonds. The molecule has 8 heteroatoms. The molecule has 0 saturated carbocycles. The van der Waals surface area contributed by atoms with Crippen LogP contribution in [0.1, 0.15) is 5.69 Å². The minimum Gasteiger partial charge on any atom is -0.384 e. The number of aromatic nitrogens is 1. The molecule has 2 nitrogen and oxygen atoms in total. The van der Waals surface area contributed by atoms with Crippen molar-refractivity contribution in [2.24, 2.45) is 0 Å². The number of nitrogen functional groups attached to an aromatic ring is 1. The molecule has 0 aliphatic rings. The Morgan fingerprint density at radius 3 is 2.00 bits per heavy atom. The van der Waals surface area contributed by atoms with Gasteiger partial charge in [-0.15, -0.1) is 0 Å². The summed E-state index contributed by atoms with van der Waals surface area (Å²) in [5, 5.41) is 0.532. The molecule has 0 spiro atoms. The molecule has 0 aliphatic carbocycles. The molecule has 0 atom stereocenters. The molecule has 1 aromatic heterocycles. The Bertz CT molecular complexity index is 648. The zero-order chi connectivity index (χ0) is 15.1. The van der Waals surface area contributed by atoms with E-state index in [4.69, 9.17) is 40.5 Å². The molecule has 0 fully saturated rings. The van der Waals surface area contributed by atoms with Gasteiger partial charge in [0, 0.05) is 10.6 Å². The smallest absolute Gasteiger partial charge is 0.384 e. The maximum atomic E-state index is 12.7. The fraction of sp³-hybridized carbons (Fsp3) is 0.0833. The summed E-state index contributed by atoms with van der Waals surface area (Å²) in [6.45, 7) is 0. The van der Waals surface area contributed by atoms with Crippen LogP contribution >= 0.6 is 34.8 Å². The molecule has 0 aliphatic heterocycles. The SMILES string of the molecule is Nc1cc(-c2c(Cl)cc(Cl)cc2Cl)cc(C(F)(F)F)n1. The van der Waals surface area contributed by atoms with E-state index in [1.807, 2.05) is 0 Å². The predicted molar refractivity (Wildman–Crippen MR) is 74.1 cm³/mol. The molecule has 0 radical (unpaired) electrons. The minimum atomic E-state index is -4.62. The summed E-state index contributed by atoms with van der Waals surface area (Å²) in [7, 11) is 0. The minimum absolute atomic E-state index is 0.122. The largest absolute Gasteiger partial charge is 0.433 e. The van der Waals surface area contributed by atoms with E-state index in [1.54, 1.807) is 0 Å². The van der Waals surface area contributed by atoms with Crippen LogP contribution in [0.25, 0.3) is 11.1 Å². The highest BCUT2D eigenvalue weighted by Gasteiger charge is 2.33. The van der Waals surface area contributed by atoms with Gasteiger partial charge < -0.3 is 5.73 Å². The summed E-state index contributed by atoms with van der Waals surface area (Å²) in [5.41, 5.74) is 4.63. The van der Waals surface area contributed by atoms with Crippen LogP contribution in [0.2, 0.25) is 15.1 Å². The lowest BCUT2D eigenvalue weighted by molar-refractivity contribution is -0.141. The van der Waals surface area contributed by atoms with Crippen LogP contribution in [-0.4, -0.2) is 4.98 Å². The van der Waals surface area contributed by atoms with Crippen LogP contribution in [-0.2, 0) is 6.18 Å². The average Bonchev–Trinajstić information content (AvgIpc) is 2.25. The van der Waals surface area contributed by atoms with Crippen LogP contribution in [0, 0.1) is 0 Å². The van der Waals surface area contributed by atoms with E-state index in [-0.39, 0.29) is 32.0 Å². The topological polar surface area (TPSA) is 38.9 Å². The van der Waals surface area contributed by atoms with Gasteiger partial charge in [-0.1, -0.05) is 34.8 Å². The first kappa shape index (κ1) is 15.2. The van der Waals surface area contributed by atoms with Crippen LogP contribution in [0.15, 0.2) is 24.3 Å². The van der Waals surface area contributed by atoms with Gasteiger partial charge in [-0.25, -0.2) is 4.98 Å². The second-order valence-electron chi connectivity index (χ2n) is 3.91. The first-order valence-electron chi connectivity index (χ1n) is 5.18. The highest BCUT2D eigenvalue weighted by atomic mass is 35.5. The van der Waals surface area contributed by atoms with Crippen LogP contribution in [0.5, 0.6) is 0 Å². The number of hydrogen-bond acceptors (Lipinski definition) is 2. The molecule has 0 saturated heterocycles. The second kappa shape index (κ2) is 5.31. The Morgan fingerprint density at radius 2 is 1.50 bits per heavy atom. The van der Waals surface area contributed by atoms with Crippen molar-refractivity contribution in [3.63, 3.8) is 0 Å². The quantitative estimate of drug-likeness (QED) is 0.763. The van der Waals surface area contributed by atoms with E-state index in [0.717, 1.165) is 6.07 Å². The van der Waals surface area contributed by atoms with Crippen molar-refractivity contribution in [3.05, 3.63) is 45.0 Å². The van der Waals surface area contributed by atoms with Gasteiger partial charge in [0.2, 0.25) is 0 Å². The summed E-state index contributed by atoms with van der Waals surface area (Å²) in [5.74, 6) is -0.281. The van der Waals surface area contributed by atoms with E-state index < -0.39 is 11.9 Å². The van der Waals surface area contributed by atoms with Crippen molar-refractivity contribution in [2.75, 3.05) is 5.73 Å². The van der Waals surface area contributed by atoms with Gasteiger partial charge in [-0.3, -0.25) is 0 Å². The van der Waals surface area contributed by atoms with Crippen molar-refractivity contribution in [1.29, 1.82) is 0 Å². The summed E-state index contributed by atoms with van der Waals surface area (Å²) < 4.78 is 38.2. The Labute approximate surface area is 127 Å². The lowest BCUT2D eigenvalue weighted by atomic mass is 10.1. The van der Waals surface area contributed by atoms with E-state index in [0.29, 0.717) is 0 Å². The van der Waals surface area contributed by atoms with Crippen molar-refractivity contribution in [1.82, 2.24) is 4.98 Å². The molecule has 0 unspecified atom stereocenters. The van der Waals surface area contributed by atoms with Gasteiger partial charge in [0.15, 0.2) is 0 Å². The number of halogens is 6. The maximum Gasteiger partial charge on any atom is 0.433 e. The molecule has 1 aromatic carbocycles. The maximum absolute atomic E-state index is 12.7. The van der Waals surface area contributed by atoms with E-state index in [1.165, 1.54) is 18.2 Å². The molecule has 1 heterocycles. The molecule has 2 rings (SSSR count). The zero-order valence-corrected chi connectivity index (χ0v) is 11.9. The Kier molecular flexibility index (Phi) is 4.04. The number of hydrogen-bond donors (Lipinski definition) is 1. The van der Waals surface area contributed by atoms with Gasteiger partial charge in [0.25, 0.3) is 0 Å². The number of pyridine rings is 1. The standard InChI is InChI=1S/C12H6Cl3F3N2/c13-6-3-7(14)11(8(15)4-6)5-1-9(12(16,17)18)20-10(19)2-5/h1-4H,(H2,19,20). The van der Waals surface area contributed by atoms with Crippen molar-refractivity contribution < 1.29 is 13.2 Å². The number of nitrogens with two attached hydrogens (primary N) is 1. The van der Waals surface area contributed by atoms with E-state index in [2.05, 4.69) is 4.98 Å². The third-order valence-corrected chi connectivity index (χ3v) is 3.25. The molecule has 0 bridgehead atoms. The summed E-state index contributed by atoms with van der Waals surface area (Å²) >= 11 is 17.7. The Hall–Kier alpha value is -1.17.